The first-order valence-corrected chi connectivity index (χ1v) is 8.20. The van der Waals surface area contributed by atoms with Crippen molar-refractivity contribution in [1.82, 2.24) is 0 Å². The van der Waals surface area contributed by atoms with Crippen molar-refractivity contribution in [3.05, 3.63) is 58.1 Å². The molecule has 1 amide bonds. The van der Waals surface area contributed by atoms with Crippen LogP contribution in [0, 0.1) is 6.92 Å². The Balaban J connectivity index is 2.03. The van der Waals surface area contributed by atoms with Crippen LogP contribution >= 0.6 is 15.9 Å². The highest BCUT2D eigenvalue weighted by Crippen LogP contribution is 2.26. The van der Waals surface area contributed by atoms with Crippen LogP contribution in [0.15, 0.2) is 46.9 Å². The number of aryl methyl sites for hydroxylation is 1. The van der Waals surface area contributed by atoms with E-state index < -0.39 is 0 Å². The zero-order valence-electron chi connectivity index (χ0n) is 12.9. The van der Waals surface area contributed by atoms with Gasteiger partial charge in [-0.15, -0.1) is 0 Å². The van der Waals surface area contributed by atoms with Crippen molar-refractivity contribution in [2.45, 2.75) is 26.7 Å². The topological polar surface area (TPSA) is 38.3 Å². The van der Waals surface area contributed by atoms with E-state index in [9.17, 15) is 4.79 Å². The number of ether oxygens (including phenoxy) is 1. The molecule has 0 aliphatic rings. The second kappa shape index (κ2) is 7.99. The number of anilines is 1. The van der Waals surface area contributed by atoms with Gasteiger partial charge in [0, 0.05) is 11.3 Å². The maximum absolute atomic E-state index is 12.3. The fraction of sp³-hybridized carbons (Fsp3) is 0.278. The number of hydrogen-bond donors (Lipinski definition) is 1. The van der Waals surface area contributed by atoms with Crippen molar-refractivity contribution in [2.24, 2.45) is 0 Å². The molecule has 0 saturated carbocycles. The minimum Gasteiger partial charge on any atom is -0.492 e. The quantitative estimate of drug-likeness (QED) is 0.719. The third-order valence-electron chi connectivity index (χ3n) is 3.26. The van der Waals surface area contributed by atoms with Gasteiger partial charge in [0.25, 0.3) is 5.91 Å². The lowest BCUT2D eigenvalue weighted by atomic mass is 10.2. The summed E-state index contributed by atoms with van der Waals surface area (Å²) in [5.74, 6) is 0.630. The monoisotopic (exact) mass is 361 g/mol. The van der Waals surface area contributed by atoms with Gasteiger partial charge in [-0.25, -0.2) is 0 Å². The summed E-state index contributed by atoms with van der Waals surface area (Å²) in [6.45, 7) is 4.82. The Morgan fingerprint density at radius 3 is 2.55 bits per heavy atom. The first kappa shape index (κ1) is 16.6. The molecule has 0 heterocycles. The molecule has 0 bridgehead atoms. The normalized spacial score (nSPS) is 10.3. The molecule has 1 N–H and O–H groups in total. The zero-order chi connectivity index (χ0) is 15.9. The van der Waals surface area contributed by atoms with Crippen molar-refractivity contribution in [3.8, 4) is 5.75 Å². The van der Waals surface area contributed by atoms with Crippen LogP contribution in [0.1, 0.15) is 35.7 Å². The molecule has 0 radical (unpaired) electrons. The van der Waals surface area contributed by atoms with Gasteiger partial charge in [0.2, 0.25) is 0 Å². The van der Waals surface area contributed by atoms with E-state index in [1.54, 1.807) is 12.1 Å². The first-order chi connectivity index (χ1) is 10.6. The van der Waals surface area contributed by atoms with Crippen LogP contribution < -0.4 is 10.1 Å². The second-order valence-corrected chi connectivity index (χ2v) is 6.02. The van der Waals surface area contributed by atoms with Crippen LogP contribution in [0.2, 0.25) is 0 Å². The van der Waals surface area contributed by atoms with Gasteiger partial charge in [-0.05, 0) is 59.6 Å². The molecule has 0 aliphatic heterocycles. The summed E-state index contributed by atoms with van der Waals surface area (Å²) in [6.07, 6.45) is 2.11. The molecule has 4 heteroatoms. The van der Waals surface area contributed by atoms with Crippen LogP contribution in [0.4, 0.5) is 5.69 Å². The molecule has 0 spiro atoms. The molecular formula is C18H20BrNO2. The average molecular weight is 362 g/mol. The molecule has 22 heavy (non-hydrogen) atoms. The molecule has 0 fully saturated rings. The van der Waals surface area contributed by atoms with Crippen molar-refractivity contribution >= 4 is 27.5 Å². The summed E-state index contributed by atoms with van der Waals surface area (Å²) < 4.78 is 6.46. The summed E-state index contributed by atoms with van der Waals surface area (Å²) >= 11 is 3.46. The predicted octanol–water partition coefficient (Wildman–Crippen LogP) is 5.19. The highest BCUT2D eigenvalue weighted by molar-refractivity contribution is 9.10. The highest BCUT2D eigenvalue weighted by atomic mass is 79.9. The number of unbranched alkanes of at least 4 members (excludes halogenated alkanes) is 1. The van der Waals surface area contributed by atoms with E-state index in [-0.39, 0.29) is 5.91 Å². The Morgan fingerprint density at radius 1 is 1.18 bits per heavy atom. The molecule has 0 saturated heterocycles. The lowest BCUT2D eigenvalue weighted by molar-refractivity contribution is 0.102. The average Bonchev–Trinajstić information content (AvgIpc) is 2.51. The Morgan fingerprint density at radius 2 is 1.91 bits per heavy atom. The molecule has 0 atom stereocenters. The smallest absolute Gasteiger partial charge is 0.255 e. The molecule has 2 rings (SSSR count). The standard InChI is InChI=1S/C18H20BrNO2/c1-3-4-11-22-17-10-7-14(12-16(17)19)18(21)20-15-8-5-13(2)6-9-15/h5-10,12H,3-4,11H2,1-2H3,(H,20,21). The van der Waals surface area contributed by atoms with Gasteiger partial charge < -0.3 is 10.1 Å². The van der Waals surface area contributed by atoms with Gasteiger partial charge in [0.15, 0.2) is 0 Å². The first-order valence-electron chi connectivity index (χ1n) is 7.40. The van der Waals surface area contributed by atoms with E-state index in [1.165, 1.54) is 0 Å². The van der Waals surface area contributed by atoms with Gasteiger partial charge >= 0.3 is 0 Å². The number of benzene rings is 2. The molecule has 116 valence electrons. The lowest BCUT2D eigenvalue weighted by Crippen LogP contribution is -2.12. The van der Waals surface area contributed by atoms with Crippen molar-refractivity contribution in [3.63, 3.8) is 0 Å². The summed E-state index contributed by atoms with van der Waals surface area (Å²) in [7, 11) is 0. The third-order valence-corrected chi connectivity index (χ3v) is 3.88. The summed E-state index contributed by atoms with van der Waals surface area (Å²) in [6, 6.07) is 13.1. The van der Waals surface area contributed by atoms with E-state index in [2.05, 4.69) is 28.2 Å². The van der Waals surface area contributed by atoms with Crippen molar-refractivity contribution in [1.29, 1.82) is 0 Å². The minimum absolute atomic E-state index is 0.135. The van der Waals surface area contributed by atoms with Crippen molar-refractivity contribution in [2.75, 3.05) is 11.9 Å². The highest BCUT2D eigenvalue weighted by Gasteiger charge is 2.09. The molecule has 0 aromatic heterocycles. The van der Waals surface area contributed by atoms with Crippen LogP contribution in [-0.4, -0.2) is 12.5 Å². The van der Waals surface area contributed by atoms with Gasteiger partial charge in [-0.1, -0.05) is 31.0 Å². The fourth-order valence-corrected chi connectivity index (χ4v) is 2.42. The van der Waals surface area contributed by atoms with Crippen LogP contribution in [0.25, 0.3) is 0 Å². The number of halogens is 1. The number of amides is 1. The Kier molecular flexibility index (Phi) is 6.01. The van der Waals surface area contributed by atoms with Gasteiger partial charge in [0.1, 0.15) is 5.75 Å². The molecule has 2 aromatic rings. The predicted molar refractivity (Wildman–Crippen MR) is 93.7 cm³/mol. The molecule has 0 unspecified atom stereocenters. The summed E-state index contributed by atoms with van der Waals surface area (Å²) in [4.78, 5) is 12.3. The SMILES string of the molecule is CCCCOc1ccc(C(=O)Nc2ccc(C)cc2)cc1Br. The number of carbonyl (C=O) groups excluding carboxylic acids is 1. The number of hydrogen-bond acceptors (Lipinski definition) is 2. The summed E-state index contributed by atoms with van der Waals surface area (Å²) in [5.41, 5.74) is 2.54. The van der Waals surface area contributed by atoms with Crippen LogP contribution in [-0.2, 0) is 0 Å². The molecular weight excluding hydrogens is 342 g/mol. The Labute approximate surface area is 139 Å². The van der Waals surface area contributed by atoms with E-state index in [0.717, 1.165) is 34.3 Å². The van der Waals surface area contributed by atoms with Crippen molar-refractivity contribution < 1.29 is 9.53 Å². The Hall–Kier alpha value is -1.81. The van der Waals surface area contributed by atoms with Crippen LogP contribution in [0.3, 0.4) is 0 Å². The number of nitrogens with one attached hydrogen (secondary N) is 1. The minimum atomic E-state index is -0.135. The molecule has 0 aliphatic carbocycles. The zero-order valence-corrected chi connectivity index (χ0v) is 14.4. The van der Waals surface area contributed by atoms with E-state index in [1.807, 2.05) is 37.3 Å². The van der Waals surface area contributed by atoms with E-state index in [0.29, 0.717) is 12.2 Å². The van der Waals surface area contributed by atoms with E-state index >= 15 is 0 Å². The number of carbonyl (C=O) groups is 1. The van der Waals surface area contributed by atoms with E-state index in [4.69, 9.17) is 4.74 Å². The fourth-order valence-electron chi connectivity index (χ4n) is 1.93. The Bertz CT molecular complexity index is 638. The van der Waals surface area contributed by atoms with Gasteiger partial charge in [0.05, 0.1) is 11.1 Å². The van der Waals surface area contributed by atoms with Gasteiger partial charge in [-0.2, -0.15) is 0 Å². The maximum Gasteiger partial charge on any atom is 0.255 e. The molecule has 2 aromatic carbocycles. The van der Waals surface area contributed by atoms with Crippen LogP contribution in [0.5, 0.6) is 5.75 Å². The molecule has 3 nitrogen and oxygen atoms in total. The second-order valence-electron chi connectivity index (χ2n) is 5.17. The maximum atomic E-state index is 12.3. The third kappa shape index (κ3) is 4.60. The van der Waals surface area contributed by atoms with Gasteiger partial charge in [-0.3, -0.25) is 4.79 Å². The summed E-state index contributed by atoms with van der Waals surface area (Å²) in [5, 5.41) is 2.88. The largest absolute Gasteiger partial charge is 0.492 e. The number of rotatable bonds is 6. The lowest BCUT2D eigenvalue weighted by Gasteiger charge is -2.10.